The van der Waals surface area contributed by atoms with Crippen LogP contribution in [0.3, 0.4) is 0 Å². The SMILES string of the molecule is COc1ccc(Cn2ncc3[nH]c(-c4cc(NC(=O)Nc5cc(Cl)cc(C(F)(F)F)c5)ccc4C)nc32)cc1. The van der Waals surface area contributed by atoms with E-state index in [9.17, 15) is 18.0 Å². The lowest BCUT2D eigenvalue weighted by Gasteiger charge is -2.12. The van der Waals surface area contributed by atoms with Gasteiger partial charge in [0.15, 0.2) is 5.65 Å². The quantitative estimate of drug-likeness (QED) is 0.208. The van der Waals surface area contributed by atoms with Crippen LogP contribution in [0.4, 0.5) is 29.3 Å². The number of alkyl halides is 3. The topological polar surface area (TPSA) is 96.9 Å². The number of nitrogens with one attached hydrogen (secondary N) is 3. The van der Waals surface area contributed by atoms with Gasteiger partial charge in [-0.1, -0.05) is 29.8 Å². The standard InChI is InChI=1S/C27H22ClF3N6O2/c1-15-3-6-19(33-26(38)34-20-10-17(27(29,30)31)9-18(28)11-20)12-22(15)24-35-23-13-32-37(25(23)36-24)14-16-4-7-21(39-2)8-5-16/h3-13H,14H2,1-2H3,(H,35,36)(H2,33,34,38). The summed E-state index contributed by atoms with van der Waals surface area (Å²) in [7, 11) is 1.61. The van der Waals surface area contributed by atoms with E-state index in [4.69, 9.17) is 21.3 Å². The van der Waals surface area contributed by atoms with Crippen LogP contribution in [0.5, 0.6) is 5.75 Å². The number of nitrogens with zero attached hydrogens (tertiary/aromatic N) is 3. The second kappa shape index (κ2) is 10.3. The van der Waals surface area contributed by atoms with Gasteiger partial charge in [0.1, 0.15) is 17.1 Å². The normalized spacial score (nSPS) is 11.5. The maximum atomic E-state index is 13.1. The molecule has 3 N–H and O–H groups in total. The summed E-state index contributed by atoms with van der Waals surface area (Å²) in [6.07, 6.45) is -2.90. The van der Waals surface area contributed by atoms with Gasteiger partial charge < -0.3 is 20.4 Å². The average molecular weight is 555 g/mol. The van der Waals surface area contributed by atoms with Gasteiger partial charge in [-0.05, 0) is 60.5 Å². The smallest absolute Gasteiger partial charge is 0.416 e. The molecule has 0 saturated carbocycles. The van der Waals surface area contributed by atoms with Crippen LogP contribution < -0.4 is 15.4 Å². The third-order valence-electron chi connectivity index (χ3n) is 6.01. The van der Waals surface area contributed by atoms with E-state index in [0.717, 1.165) is 40.1 Å². The van der Waals surface area contributed by atoms with Gasteiger partial charge in [0.25, 0.3) is 0 Å². The summed E-state index contributed by atoms with van der Waals surface area (Å²) in [5.74, 6) is 1.35. The number of carbonyl (C=O) groups is 1. The van der Waals surface area contributed by atoms with E-state index >= 15 is 0 Å². The first-order valence-electron chi connectivity index (χ1n) is 11.7. The number of hydrogen-bond acceptors (Lipinski definition) is 4. The number of carbonyl (C=O) groups excluding carboxylic acids is 1. The number of fused-ring (bicyclic) bond motifs is 1. The predicted octanol–water partition coefficient (Wildman–Crippen LogP) is 7.11. The number of aromatic amines is 1. The Labute approximate surface area is 225 Å². The maximum Gasteiger partial charge on any atom is 0.416 e. The maximum absolute atomic E-state index is 13.1. The molecule has 12 heteroatoms. The number of methoxy groups -OCH3 is 1. The van der Waals surface area contributed by atoms with Crippen molar-refractivity contribution >= 4 is 40.2 Å². The Bertz CT molecular complexity index is 1660. The highest BCUT2D eigenvalue weighted by molar-refractivity contribution is 6.31. The van der Waals surface area contributed by atoms with Crippen molar-refractivity contribution in [3.05, 3.63) is 88.6 Å². The number of aryl methyl sites for hydroxylation is 1. The number of ether oxygens (including phenoxy) is 1. The highest BCUT2D eigenvalue weighted by Gasteiger charge is 2.31. The molecule has 5 rings (SSSR count). The van der Waals surface area contributed by atoms with Crippen LogP contribution in [0.25, 0.3) is 22.6 Å². The molecule has 200 valence electrons. The summed E-state index contributed by atoms with van der Waals surface area (Å²) in [6, 6.07) is 15.0. The van der Waals surface area contributed by atoms with Gasteiger partial charge in [0.05, 0.1) is 25.4 Å². The van der Waals surface area contributed by atoms with Gasteiger partial charge in [0, 0.05) is 22.0 Å². The number of halogens is 4. The zero-order chi connectivity index (χ0) is 27.7. The molecule has 0 aliphatic carbocycles. The highest BCUT2D eigenvalue weighted by atomic mass is 35.5. The molecule has 0 atom stereocenters. The van der Waals surface area contributed by atoms with Crippen LogP contribution in [0.2, 0.25) is 5.02 Å². The molecule has 0 spiro atoms. The van der Waals surface area contributed by atoms with Crippen molar-refractivity contribution in [2.24, 2.45) is 0 Å². The molecule has 2 amide bonds. The van der Waals surface area contributed by atoms with Crippen LogP contribution in [0.1, 0.15) is 16.7 Å². The van der Waals surface area contributed by atoms with E-state index in [0.29, 0.717) is 23.7 Å². The van der Waals surface area contributed by atoms with Gasteiger partial charge in [-0.2, -0.15) is 18.3 Å². The number of imidazole rings is 1. The van der Waals surface area contributed by atoms with E-state index in [1.54, 1.807) is 30.1 Å². The van der Waals surface area contributed by atoms with E-state index in [2.05, 4.69) is 20.7 Å². The van der Waals surface area contributed by atoms with Gasteiger partial charge in [-0.3, -0.25) is 0 Å². The largest absolute Gasteiger partial charge is 0.497 e. The first kappa shape index (κ1) is 26.1. The van der Waals surface area contributed by atoms with Crippen molar-refractivity contribution in [2.75, 3.05) is 17.7 Å². The molecule has 39 heavy (non-hydrogen) atoms. The van der Waals surface area contributed by atoms with Crippen molar-refractivity contribution in [2.45, 2.75) is 19.6 Å². The number of rotatable bonds is 6. The fraction of sp³-hybridized carbons (Fsp3) is 0.148. The Morgan fingerprint density at radius 3 is 2.51 bits per heavy atom. The van der Waals surface area contributed by atoms with Gasteiger partial charge in [-0.15, -0.1) is 0 Å². The molecule has 0 aliphatic rings. The van der Waals surface area contributed by atoms with E-state index in [1.807, 2.05) is 37.3 Å². The highest BCUT2D eigenvalue weighted by Crippen LogP contribution is 2.33. The first-order valence-corrected chi connectivity index (χ1v) is 12.1. The lowest BCUT2D eigenvalue weighted by molar-refractivity contribution is -0.137. The third kappa shape index (κ3) is 5.83. The summed E-state index contributed by atoms with van der Waals surface area (Å²) in [4.78, 5) is 20.6. The molecule has 0 radical (unpaired) electrons. The lowest BCUT2D eigenvalue weighted by atomic mass is 10.1. The molecule has 0 bridgehead atoms. The Balaban J connectivity index is 1.34. The predicted molar refractivity (Wildman–Crippen MR) is 143 cm³/mol. The average Bonchev–Trinajstić information content (AvgIpc) is 3.46. The van der Waals surface area contributed by atoms with Crippen molar-refractivity contribution in [1.29, 1.82) is 0 Å². The number of benzene rings is 3. The van der Waals surface area contributed by atoms with Crippen LogP contribution in [0.15, 0.2) is 66.9 Å². The molecule has 0 unspecified atom stereocenters. The zero-order valence-corrected chi connectivity index (χ0v) is 21.5. The lowest BCUT2D eigenvalue weighted by Crippen LogP contribution is -2.20. The van der Waals surface area contributed by atoms with E-state index < -0.39 is 17.8 Å². The number of anilines is 2. The monoisotopic (exact) mass is 554 g/mol. The van der Waals surface area contributed by atoms with Gasteiger partial charge in [0.2, 0.25) is 0 Å². The van der Waals surface area contributed by atoms with Crippen LogP contribution in [-0.4, -0.2) is 32.9 Å². The van der Waals surface area contributed by atoms with E-state index in [1.165, 1.54) is 6.07 Å². The summed E-state index contributed by atoms with van der Waals surface area (Å²) in [5.41, 5.74) is 3.45. The fourth-order valence-electron chi connectivity index (χ4n) is 4.07. The molecule has 5 aromatic rings. The second-order valence-corrected chi connectivity index (χ2v) is 9.24. The molecule has 0 aliphatic heterocycles. The minimum Gasteiger partial charge on any atom is -0.497 e. The Kier molecular flexibility index (Phi) is 6.92. The number of urea groups is 1. The molecular formula is C27H22ClF3N6O2. The van der Waals surface area contributed by atoms with Crippen LogP contribution >= 0.6 is 11.6 Å². The molecule has 8 nitrogen and oxygen atoms in total. The minimum atomic E-state index is -4.60. The third-order valence-corrected chi connectivity index (χ3v) is 6.23. The van der Waals surface area contributed by atoms with Gasteiger partial charge >= 0.3 is 12.2 Å². The number of aromatic nitrogens is 4. The number of hydrogen-bond donors (Lipinski definition) is 3. The summed E-state index contributed by atoms with van der Waals surface area (Å²) in [5, 5.41) is 9.31. The number of H-pyrrole nitrogens is 1. The summed E-state index contributed by atoms with van der Waals surface area (Å²) < 4.78 is 46.2. The molecule has 0 fully saturated rings. The van der Waals surface area contributed by atoms with E-state index in [-0.39, 0.29) is 10.7 Å². The summed E-state index contributed by atoms with van der Waals surface area (Å²) >= 11 is 5.81. The summed E-state index contributed by atoms with van der Waals surface area (Å²) in [6.45, 7) is 2.42. The molecule has 3 aromatic carbocycles. The Morgan fingerprint density at radius 2 is 1.79 bits per heavy atom. The van der Waals surface area contributed by atoms with Crippen LogP contribution in [-0.2, 0) is 12.7 Å². The molecule has 2 heterocycles. The minimum absolute atomic E-state index is 0.0849. The van der Waals surface area contributed by atoms with Crippen molar-refractivity contribution in [3.8, 4) is 17.1 Å². The molecular weight excluding hydrogens is 533 g/mol. The molecule has 0 saturated heterocycles. The van der Waals surface area contributed by atoms with Gasteiger partial charge in [-0.25, -0.2) is 14.5 Å². The fourth-order valence-corrected chi connectivity index (χ4v) is 4.30. The Hall–Kier alpha value is -4.51. The Morgan fingerprint density at radius 1 is 1.05 bits per heavy atom. The second-order valence-electron chi connectivity index (χ2n) is 8.81. The first-order chi connectivity index (χ1) is 18.6. The van der Waals surface area contributed by atoms with Crippen LogP contribution in [0, 0.1) is 6.92 Å². The molecule has 2 aromatic heterocycles. The zero-order valence-electron chi connectivity index (χ0n) is 20.7. The number of amides is 2. The van der Waals surface area contributed by atoms with Crippen molar-refractivity contribution < 1.29 is 22.7 Å². The van der Waals surface area contributed by atoms with Crippen molar-refractivity contribution in [1.82, 2.24) is 19.7 Å². The van der Waals surface area contributed by atoms with Crippen molar-refractivity contribution in [3.63, 3.8) is 0 Å².